The average molecular weight is 282 g/mol. The van der Waals surface area contributed by atoms with Crippen molar-refractivity contribution in [3.63, 3.8) is 0 Å². The average Bonchev–Trinajstić information content (AvgIpc) is 2.46. The normalized spacial score (nSPS) is 30.8. The van der Waals surface area contributed by atoms with E-state index in [1.807, 2.05) is 6.92 Å². The molecule has 6 nitrogen and oxygen atoms in total. The predicted octanol–water partition coefficient (Wildman–Crippen LogP) is 0.614. The van der Waals surface area contributed by atoms with Gasteiger partial charge >= 0.3 is 5.97 Å². The van der Waals surface area contributed by atoms with Crippen LogP contribution in [0.4, 0.5) is 0 Å². The standard InChI is InChI=1S/C14H22N2O4/c1-2-11-12(17)15-6-7-16(11)13(18)9-4-3-5-10(8-9)14(19)20/h9-11H,2-8H2,1H3,(H,15,17)(H,19,20). The third kappa shape index (κ3) is 2.94. The number of rotatable bonds is 3. The van der Waals surface area contributed by atoms with Gasteiger partial charge in [0, 0.05) is 19.0 Å². The highest BCUT2D eigenvalue weighted by molar-refractivity contribution is 5.89. The maximum atomic E-state index is 12.6. The summed E-state index contributed by atoms with van der Waals surface area (Å²) in [6.45, 7) is 2.89. The van der Waals surface area contributed by atoms with Crippen LogP contribution in [0.5, 0.6) is 0 Å². The Bertz CT molecular complexity index is 410. The van der Waals surface area contributed by atoms with Gasteiger partial charge in [0.15, 0.2) is 0 Å². The summed E-state index contributed by atoms with van der Waals surface area (Å²) in [5.41, 5.74) is 0. The molecule has 1 saturated carbocycles. The van der Waals surface area contributed by atoms with Crippen LogP contribution in [-0.4, -0.2) is 46.9 Å². The molecule has 3 unspecified atom stereocenters. The van der Waals surface area contributed by atoms with Crippen LogP contribution in [0, 0.1) is 11.8 Å². The minimum Gasteiger partial charge on any atom is -0.481 e. The highest BCUT2D eigenvalue weighted by atomic mass is 16.4. The third-order valence-corrected chi connectivity index (χ3v) is 4.37. The zero-order valence-corrected chi connectivity index (χ0v) is 11.8. The highest BCUT2D eigenvalue weighted by Gasteiger charge is 2.38. The molecule has 1 aliphatic carbocycles. The number of carbonyl (C=O) groups is 3. The molecule has 2 rings (SSSR count). The molecule has 0 bridgehead atoms. The summed E-state index contributed by atoms with van der Waals surface area (Å²) in [6, 6.07) is -0.401. The van der Waals surface area contributed by atoms with E-state index >= 15 is 0 Å². The van der Waals surface area contributed by atoms with Crippen LogP contribution >= 0.6 is 0 Å². The molecule has 1 saturated heterocycles. The van der Waals surface area contributed by atoms with Crippen LogP contribution in [0.3, 0.4) is 0 Å². The van der Waals surface area contributed by atoms with Gasteiger partial charge < -0.3 is 15.3 Å². The number of aliphatic carboxylic acids is 1. The maximum Gasteiger partial charge on any atom is 0.306 e. The largest absolute Gasteiger partial charge is 0.481 e. The molecule has 2 aliphatic rings. The Morgan fingerprint density at radius 3 is 2.70 bits per heavy atom. The first-order chi connectivity index (χ1) is 9.54. The van der Waals surface area contributed by atoms with E-state index in [9.17, 15) is 14.4 Å². The maximum absolute atomic E-state index is 12.6. The number of carboxylic acids is 1. The molecule has 1 aliphatic heterocycles. The Balaban J connectivity index is 2.05. The smallest absolute Gasteiger partial charge is 0.306 e. The van der Waals surface area contributed by atoms with Gasteiger partial charge in [0.2, 0.25) is 11.8 Å². The summed E-state index contributed by atoms with van der Waals surface area (Å²) in [6.07, 6.45) is 3.15. The van der Waals surface area contributed by atoms with E-state index in [0.717, 1.165) is 12.8 Å². The van der Waals surface area contributed by atoms with Gasteiger partial charge in [-0.25, -0.2) is 0 Å². The van der Waals surface area contributed by atoms with Crippen molar-refractivity contribution in [3.05, 3.63) is 0 Å². The summed E-state index contributed by atoms with van der Waals surface area (Å²) in [5, 5.41) is 11.9. The number of amides is 2. The molecule has 20 heavy (non-hydrogen) atoms. The Morgan fingerprint density at radius 2 is 2.05 bits per heavy atom. The zero-order valence-electron chi connectivity index (χ0n) is 11.8. The Hall–Kier alpha value is -1.59. The molecular weight excluding hydrogens is 260 g/mol. The van der Waals surface area contributed by atoms with Crippen molar-refractivity contribution in [1.29, 1.82) is 0 Å². The lowest BCUT2D eigenvalue weighted by Crippen LogP contribution is -2.58. The highest BCUT2D eigenvalue weighted by Crippen LogP contribution is 2.31. The molecule has 6 heteroatoms. The topological polar surface area (TPSA) is 86.7 Å². The summed E-state index contributed by atoms with van der Waals surface area (Å²) in [4.78, 5) is 37.1. The number of hydrogen-bond acceptors (Lipinski definition) is 3. The van der Waals surface area contributed by atoms with E-state index in [0.29, 0.717) is 32.4 Å². The van der Waals surface area contributed by atoms with Gasteiger partial charge in [-0.05, 0) is 25.7 Å². The molecule has 2 fully saturated rings. The van der Waals surface area contributed by atoms with E-state index in [1.54, 1.807) is 4.90 Å². The lowest BCUT2D eigenvalue weighted by Gasteiger charge is -2.38. The van der Waals surface area contributed by atoms with E-state index < -0.39 is 17.9 Å². The van der Waals surface area contributed by atoms with Crippen LogP contribution in [0.2, 0.25) is 0 Å². The number of piperazine rings is 1. The molecule has 3 atom stereocenters. The molecule has 0 aromatic heterocycles. The van der Waals surface area contributed by atoms with E-state index in [4.69, 9.17) is 5.11 Å². The van der Waals surface area contributed by atoms with Crippen LogP contribution in [0.25, 0.3) is 0 Å². The van der Waals surface area contributed by atoms with Crippen LogP contribution in [0.15, 0.2) is 0 Å². The zero-order chi connectivity index (χ0) is 14.7. The van der Waals surface area contributed by atoms with Gasteiger partial charge in [0.05, 0.1) is 5.92 Å². The molecule has 0 aromatic rings. The summed E-state index contributed by atoms with van der Waals surface area (Å²) in [5.74, 6) is -1.62. The number of carbonyl (C=O) groups excluding carboxylic acids is 2. The molecular formula is C14H22N2O4. The van der Waals surface area contributed by atoms with Crippen molar-refractivity contribution in [3.8, 4) is 0 Å². The van der Waals surface area contributed by atoms with Gasteiger partial charge in [-0.15, -0.1) is 0 Å². The van der Waals surface area contributed by atoms with Crippen molar-refractivity contribution in [1.82, 2.24) is 10.2 Å². The number of nitrogens with one attached hydrogen (secondary N) is 1. The fraction of sp³-hybridized carbons (Fsp3) is 0.786. The first-order valence-electron chi connectivity index (χ1n) is 7.35. The van der Waals surface area contributed by atoms with Gasteiger partial charge in [0.1, 0.15) is 6.04 Å². The Labute approximate surface area is 118 Å². The quantitative estimate of drug-likeness (QED) is 0.794. The van der Waals surface area contributed by atoms with E-state index in [2.05, 4.69) is 5.32 Å². The molecule has 0 aromatic carbocycles. The van der Waals surface area contributed by atoms with Gasteiger partial charge in [-0.3, -0.25) is 14.4 Å². The van der Waals surface area contributed by atoms with Crippen LogP contribution in [-0.2, 0) is 14.4 Å². The van der Waals surface area contributed by atoms with Crippen molar-refractivity contribution in [2.24, 2.45) is 11.8 Å². The van der Waals surface area contributed by atoms with Gasteiger partial charge in [-0.2, -0.15) is 0 Å². The molecule has 2 amide bonds. The second-order valence-corrected chi connectivity index (χ2v) is 5.65. The summed E-state index contributed by atoms with van der Waals surface area (Å²) in [7, 11) is 0. The fourth-order valence-corrected chi connectivity index (χ4v) is 3.26. The number of nitrogens with zero attached hydrogens (tertiary/aromatic N) is 1. The Kier molecular flexibility index (Phi) is 4.62. The summed E-state index contributed by atoms with van der Waals surface area (Å²) >= 11 is 0. The number of carboxylic acid groups (broad SMARTS) is 1. The monoisotopic (exact) mass is 282 g/mol. The SMILES string of the molecule is CCC1C(=O)NCCN1C(=O)C1CCCC(C(=O)O)C1. The van der Waals surface area contributed by atoms with E-state index in [1.165, 1.54) is 0 Å². The molecule has 1 heterocycles. The Morgan fingerprint density at radius 1 is 1.35 bits per heavy atom. The molecule has 0 radical (unpaired) electrons. The van der Waals surface area contributed by atoms with Crippen molar-refractivity contribution < 1.29 is 19.5 Å². The minimum absolute atomic E-state index is 0.0438. The first kappa shape index (κ1) is 14.8. The molecule has 2 N–H and O–H groups in total. The van der Waals surface area contributed by atoms with E-state index in [-0.39, 0.29) is 17.7 Å². The van der Waals surface area contributed by atoms with Crippen LogP contribution in [0.1, 0.15) is 39.0 Å². The molecule has 112 valence electrons. The van der Waals surface area contributed by atoms with Crippen molar-refractivity contribution >= 4 is 17.8 Å². The van der Waals surface area contributed by atoms with Gasteiger partial charge in [0.25, 0.3) is 0 Å². The second kappa shape index (κ2) is 6.24. The number of hydrogen-bond donors (Lipinski definition) is 2. The third-order valence-electron chi connectivity index (χ3n) is 4.37. The lowest BCUT2D eigenvalue weighted by molar-refractivity contribution is -0.150. The second-order valence-electron chi connectivity index (χ2n) is 5.65. The fourth-order valence-electron chi connectivity index (χ4n) is 3.26. The molecule has 0 spiro atoms. The first-order valence-corrected chi connectivity index (χ1v) is 7.35. The van der Waals surface area contributed by atoms with Gasteiger partial charge in [-0.1, -0.05) is 13.3 Å². The van der Waals surface area contributed by atoms with Crippen molar-refractivity contribution in [2.45, 2.75) is 45.1 Å². The minimum atomic E-state index is -0.814. The summed E-state index contributed by atoms with van der Waals surface area (Å²) < 4.78 is 0. The van der Waals surface area contributed by atoms with Crippen LogP contribution < -0.4 is 5.32 Å². The predicted molar refractivity (Wildman–Crippen MR) is 71.9 cm³/mol. The lowest BCUT2D eigenvalue weighted by atomic mass is 9.80. The van der Waals surface area contributed by atoms with Crippen molar-refractivity contribution in [2.75, 3.05) is 13.1 Å².